The molecule has 0 radical (unpaired) electrons. The first-order valence-electron chi connectivity index (χ1n) is 9.56. The fraction of sp³-hybridized carbons (Fsp3) is 0.850. The molecule has 0 spiro atoms. The predicted octanol–water partition coefficient (Wildman–Crippen LogP) is 2.90. The molecule has 25 heavy (non-hydrogen) atoms. The molecule has 3 rings (SSSR count). The van der Waals surface area contributed by atoms with Crippen molar-refractivity contribution in [3.05, 3.63) is 12.2 Å². The lowest BCUT2D eigenvalue weighted by Crippen LogP contribution is -2.60. The van der Waals surface area contributed by atoms with E-state index in [4.69, 9.17) is 14.2 Å². The van der Waals surface area contributed by atoms with Crippen LogP contribution in [-0.2, 0) is 19.0 Å². The zero-order valence-corrected chi connectivity index (χ0v) is 15.9. The zero-order chi connectivity index (χ0) is 18.1. The predicted molar refractivity (Wildman–Crippen MR) is 96.0 cm³/mol. The Morgan fingerprint density at radius 1 is 1.36 bits per heavy atom. The van der Waals surface area contributed by atoms with Gasteiger partial charge in [0, 0.05) is 5.41 Å². The van der Waals surface area contributed by atoms with Gasteiger partial charge >= 0.3 is 5.97 Å². The molecule has 1 heterocycles. The van der Waals surface area contributed by atoms with Crippen LogP contribution in [0.1, 0.15) is 46.0 Å². The lowest BCUT2D eigenvalue weighted by molar-refractivity contribution is -0.260. The van der Waals surface area contributed by atoms with Gasteiger partial charge in [0.15, 0.2) is 0 Å². The second-order valence-electron chi connectivity index (χ2n) is 8.52. The van der Waals surface area contributed by atoms with Crippen molar-refractivity contribution in [3.8, 4) is 0 Å². The summed E-state index contributed by atoms with van der Waals surface area (Å²) in [4.78, 5) is 11.3. The van der Waals surface area contributed by atoms with E-state index in [1.165, 1.54) is 25.5 Å². The summed E-state index contributed by atoms with van der Waals surface area (Å²) in [5.74, 6) is 0.863. The third-order valence-electron chi connectivity index (χ3n) is 7.19. The normalized spacial score (nSPS) is 40.9. The van der Waals surface area contributed by atoms with Gasteiger partial charge in [-0.2, -0.15) is 0 Å². The lowest BCUT2D eigenvalue weighted by Gasteiger charge is -2.62. The second kappa shape index (κ2) is 7.37. The maximum atomic E-state index is 11.3. The van der Waals surface area contributed by atoms with E-state index in [-0.39, 0.29) is 23.3 Å². The summed E-state index contributed by atoms with van der Waals surface area (Å²) in [5.41, 5.74) is 1.71. The highest BCUT2D eigenvalue weighted by atomic mass is 16.7. The van der Waals surface area contributed by atoms with Gasteiger partial charge in [-0.25, -0.2) is 0 Å². The van der Waals surface area contributed by atoms with E-state index in [9.17, 15) is 4.79 Å². The number of nitrogens with one attached hydrogen (secondary N) is 1. The number of carbonyl (C=O) groups is 1. The van der Waals surface area contributed by atoms with Crippen LogP contribution in [-0.4, -0.2) is 45.7 Å². The first-order valence-corrected chi connectivity index (χ1v) is 9.56. The summed E-state index contributed by atoms with van der Waals surface area (Å²) in [6, 6.07) is 0. The van der Waals surface area contributed by atoms with Gasteiger partial charge in [-0.3, -0.25) is 4.79 Å². The van der Waals surface area contributed by atoms with Crippen molar-refractivity contribution in [3.63, 3.8) is 0 Å². The molecule has 3 aliphatic rings. The highest BCUT2D eigenvalue weighted by Gasteiger charge is 2.59. The van der Waals surface area contributed by atoms with Gasteiger partial charge < -0.3 is 19.5 Å². The largest absolute Gasteiger partial charge is 0.468 e. The van der Waals surface area contributed by atoms with Crippen LogP contribution in [0.5, 0.6) is 0 Å². The molecule has 4 unspecified atom stereocenters. The third-order valence-corrected chi connectivity index (χ3v) is 7.19. The summed E-state index contributed by atoms with van der Waals surface area (Å²) >= 11 is 0. The lowest BCUT2D eigenvalue weighted by atomic mass is 9.46. The molecule has 0 amide bonds. The number of carbonyl (C=O) groups excluding carboxylic acids is 1. The molecule has 0 aromatic heterocycles. The molecule has 2 saturated carbocycles. The minimum atomic E-state index is -0.212. The van der Waals surface area contributed by atoms with Crippen molar-refractivity contribution in [1.29, 1.82) is 0 Å². The molecule has 2 aliphatic carbocycles. The van der Waals surface area contributed by atoms with Gasteiger partial charge in [0.2, 0.25) is 0 Å². The fourth-order valence-corrected chi connectivity index (χ4v) is 5.87. The molecule has 3 fully saturated rings. The first-order chi connectivity index (χ1) is 11.9. The van der Waals surface area contributed by atoms with Crippen molar-refractivity contribution < 1.29 is 19.0 Å². The van der Waals surface area contributed by atoms with E-state index in [1.54, 1.807) is 0 Å². The van der Waals surface area contributed by atoms with Crippen LogP contribution in [0, 0.1) is 22.7 Å². The molecule has 1 N–H and O–H groups in total. The molecule has 0 aromatic rings. The Bertz CT molecular complexity index is 522. The van der Waals surface area contributed by atoms with Gasteiger partial charge in [-0.15, -0.1) is 0 Å². The van der Waals surface area contributed by atoms with Crippen LogP contribution in [0.25, 0.3) is 0 Å². The molecule has 142 valence electrons. The number of hydrogen-bond donors (Lipinski definition) is 1. The Labute approximate surface area is 151 Å². The van der Waals surface area contributed by atoms with Gasteiger partial charge in [-0.1, -0.05) is 26.0 Å². The monoisotopic (exact) mass is 351 g/mol. The zero-order valence-electron chi connectivity index (χ0n) is 15.9. The number of fused-ring (bicyclic) bond motifs is 3. The summed E-state index contributed by atoms with van der Waals surface area (Å²) < 4.78 is 16.4. The second-order valence-corrected chi connectivity index (χ2v) is 8.52. The molecule has 0 aromatic carbocycles. The number of methoxy groups -OCH3 is 1. The quantitative estimate of drug-likeness (QED) is 0.469. The van der Waals surface area contributed by atoms with E-state index in [0.29, 0.717) is 24.7 Å². The maximum absolute atomic E-state index is 11.3. The smallest absolute Gasteiger partial charge is 0.319 e. The Morgan fingerprint density at radius 2 is 2.16 bits per heavy atom. The Morgan fingerprint density at radius 3 is 2.92 bits per heavy atom. The number of allylic oxidation sites excluding steroid dienone is 1. The topological polar surface area (TPSA) is 56.8 Å². The van der Waals surface area contributed by atoms with E-state index in [0.717, 1.165) is 32.4 Å². The maximum Gasteiger partial charge on any atom is 0.319 e. The van der Waals surface area contributed by atoms with Crippen LogP contribution in [0.2, 0.25) is 0 Å². The molecule has 1 aliphatic heterocycles. The highest BCUT2D eigenvalue weighted by Crippen LogP contribution is 2.62. The van der Waals surface area contributed by atoms with E-state index < -0.39 is 0 Å². The summed E-state index contributed by atoms with van der Waals surface area (Å²) in [5, 5.41) is 3.22. The van der Waals surface area contributed by atoms with Gasteiger partial charge in [0.1, 0.15) is 6.79 Å². The summed E-state index contributed by atoms with van der Waals surface area (Å²) in [6.07, 6.45) is 5.89. The first kappa shape index (κ1) is 18.9. The van der Waals surface area contributed by atoms with Crippen molar-refractivity contribution in [1.82, 2.24) is 5.32 Å². The molecule has 5 atom stereocenters. The highest BCUT2D eigenvalue weighted by molar-refractivity contribution is 5.71. The minimum absolute atomic E-state index is 0.101. The van der Waals surface area contributed by atoms with Gasteiger partial charge in [0.05, 0.1) is 26.4 Å². The van der Waals surface area contributed by atoms with Crippen molar-refractivity contribution in [2.45, 2.75) is 52.1 Å². The Kier molecular flexibility index (Phi) is 5.57. The molecule has 5 nitrogen and oxygen atoms in total. The van der Waals surface area contributed by atoms with E-state index in [2.05, 4.69) is 25.7 Å². The van der Waals surface area contributed by atoms with E-state index in [1.807, 2.05) is 0 Å². The van der Waals surface area contributed by atoms with Gasteiger partial charge in [-0.05, 0) is 55.9 Å². The van der Waals surface area contributed by atoms with Crippen molar-refractivity contribution >= 4 is 5.97 Å². The SMILES string of the molecule is C=C1CCC2C(C)(CCC3OCOC[C@]32C)C1CCNCC(=O)OC. The van der Waals surface area contributed by atoms with Crippen LogP contribution >= 0.6 is 0 Å². The number of ether oxygens (including phenoxy) is 3. The molecular weight excluding hydrogens is 318 g/mol. The van der Waals surface area contributed by atoms with E-state index >= 15 is 0 Å². The third kappa shape index (κ3) is 3.38. The molecule has 0 bridgehead atoms. The minimum Gasteiger partial charge on any atom is -0.468 e. The fourth-order valence-electron chi connectivity index (χ4n) is 5.87. The van der Waals surface area contributed by atoms with Gasteiger partial charge in [0.25, 0.3) is 0 Å². The Balaban J connectivity index is 1.70. The van der Waals surface area contributed by atoms with Crippen molar-refractivity contribution in [2.24, 2.45) is 22.7 Å². The van der Waals surface area contributed by atoms with Crippen LogP contribution in [0.15, 0.2) is 12.2 Å². The number of hydrogen-bond acceptors (Lipinski definition) is 5. The average Bonchev–Trinajstić information content (AvgIpc) is 2.59. The Hall–Kier alpha value is -0.910. The average molecular weight is 351 g/mol. The standard InChI is InChI=1S/C20H33NO4/c1-14-5-6-16-19(2,15(14)8-10-21-11-18(22)23-4)9-7-17-20(16,3)12-24-13-25-17/h15-17,21H,1,5-13H2,2-4H3/t15?,16?,17?,19?,20-/m0/s1. The molecule has 1 saturated heterocycles. The summed E-state index contributed by atoms with van der Waals surface area (Å²) in [6.45, 7) is 11.5. The van der Waals surface area contributed by atoms with Crippen LogP contribution in [0.3, 0.4) is 0 Å². The van der Waals surface area contributed by atoms with Crippen LogP contribution in [0.4, 0.5) is 0 Å². The summed E-state index contributed by atoms with van der Waals surface area (Å²) in [7, 11) is 1.42. The number of esters is 1. The van der Waals surface area contributed by atoms with Crippen molar-refractivity contribution in [2.75, 3.05) is 33.6 Å². The number of rotatable bonds is 5. The molecule has 5 heteroatoms. The molecular formula is C20H33NO4. The van der Waals surface area contributed by atoms with Crippen LogP contribution < -0.4 is 5.32 Å².